The molecule has 1 fully saturated rings. The molecule has 0 aromatic heterocycles. The SMILES string of the molecule is CCCCC[C@H](O)CC[C@@H]1[C@H]2Cc3cccc(OCC(=O)NC(CO)C(=O)O)c3C[C@H]2C[C@H]1O. The number of amides is 1. The maximum atomic E-state index is 12.1. The van der Waals surface area contributed by atoms with Crippen LogP contribution in [0, 0.1) is 17.8 Å². The zero-order valence-corrected chi connectivity index (χ0v) is 20.0. The summed E-state index contributed by atoms with van der Waals surface area (Å²) in [6, 6.07) is 4.40. The zero-order valence-electron chi connectivity index (χ0n) is 20.0. The molecule has 1 unspecified atom stereocenters. The van der Waals surface area contributed by atoms with Crippen LogP contribution in [-0.2, 0) is 22.4 Å². The molecule has 190 valence electrons. The van der Waals surface area contributed by atoms with Gasteiger partial charge < -0.3 is 30.5 Å². The molecule has 3 rings (SSSR count). The third-order valence-corrected chi connectivity index (χ3v) is 7.49. The number of hydrogen-bond acceptors (Lipinski definition) is 6. The number of benzene rings is 1. The van der Waals surface area contributed by atoms with Crippen LogP contribution < -0.4 is 10.1 Å². The molecule has 2 aliphatic carbocycles. The first-order valence-electron chi connectivity index (χ1n) is 12.6. The van der Waals surface area contributed by atoms with Gasteiger partial charge in [0, 0.05) is 0 Å². The first kappa shape index (κ1) is 26.4. The average molecular weight is 478 g/mol. The number of nitrogens with one attached hydrogen (secondary N) is 1. The molecule has 1 saturated carbocycles. The average Bonchev–Trinajstić information content (AvgIpc) is 3.12. The summed E-state index contributed by atoms with van der Waals surface area (Å²) in [5.41, 5.74) is 2.20. The Labute approximate surface area is 201 Å². The van der Waals surface area contributed by atoms with Gasteiger partial charge in [0.1, 0.15) is 11.8 Å². The van der Waals surface area contributed by atoms with Crippen molar-refractivity contribution in [3.63, 3.8) is 0 Å². The predicted octanol–water partition coefficient (Wildman–Crippen LogP) is 2.06. The van der Waals surface area contributed by atoms with Crippen LogP contribution in [0.4, 0.5) is 0 Å². The van der Waals surface area contributed by atoms with E-state index < -0.39 is 24.5 Å². The molecule has 8 heteroatoms. The van der Waals surface area contributed by atoms with Gasteiger partial charge in [-0.3, -0.25) is 4.79 Å². The van der Waals surface area contributed by atoms with Crippen molar-refractivity contribution in [3.8, 4) is 5.75 Å². The number of unbranched alkanes of at least 4 members (excludes halogenated alkanes) is 2. The number of rotatable bonds is 13. The molecule has 5 N–H and O–H groups in total. The molecule has 0 aliphatic heterocycles. The lowest BCUT2D eigenvalue weighted by molar-refractivity contribution is -0.143. The van der Waals surface area contributed by atoms with Crippen LogP contribution in [0.25, 0.3) is 0 Å². The van der Waals surface area contributed by atoms with Crippen molar-refractivity contribution in [2.24, 2.45) is 17.8 Å². The van der Waals surface area contributed by atoms with E-state index in [9.17, 15) is 19.8 Å². The molecular weight excluding hydrogens is 438 g/mol. The highest BCUT2D eigenvalue weighted by Crippen LogP contribution is 2.48. The van der Waals surface area contributed by atoms with Gasteiger partial charge in [-0.05, 0) is 73.5 Å². The van der Waals surface area contributed by atoms with Gasteiger partial charge in [0.15, 0.2) is 6.61 Å². The van der Waals surface area contributed by atoms with E-state index in [0.29, 0.717) is 17.6 Å². The minimum Gasteiger partial charge on any atom is -0.483 e. The fourth-order valence-corrected chi connectivity index (χ4v) is 5.66. The standard InChI is InChI=1S/C26H39NO7/c1-2-3-4-7-18(29)9-10-19-20-11-16-6-5-8-24(21(16)12-17(20)13-23(19)30)34-15-25(31)27-22(14-28)26(32)33/h5-6,8,17-20,22-23,28-30H,2-4,7,9-15H2,1H3,(H,27,31)(H,32,33)/t17-,18-,19+,20-,22?,23+/m0/s1. The van der Waals surface area contributed by atoms with E-state index in [4.69, 9.17) is 14.9 Å². The molecule has 0 bridgehead atoms. The number of aliphatic carboxylic acids is 1. The van der Waals surface area contributed by atoms with Crippen molar-refractivity contribution in [3.05, 3.63) is 29.3 Å². The van der Waals surface area contributed by atoms with Gasteiger partial charge >= 0.3 is 5.97 Å². The van der Waals surface area contributed by atoms with Crippen LogP contribution >= 0.6 is 0 Å². The third kappa shape index (κ3) is 6.71. The Bertz CT molecular complexity index is 829. The highest BCUT2D eigenvalue weighted by atomic mass is 16.5. The summed E-state index contributed by atoms with van der Waals surface area (Å²) in [6.45, 7) is 1.12. The summed E-state index contributed by atoms with van der Waals surface area (Å²) in [6.07, 6.45) is 7.36. The number of ether oxygens (including phenoxy) is 1. The van der Waals surface area contributed by atoms with Crippen molar-refractivity contribution in [2.75, 3.05) is 13.2 Å². The molecule has 6 atom stereocenters. The molecule has 0 saturated heterocycles. The van der Waals surface area contributed by atoms with Gasteiger partial charge in [-0.15, -0.1) is 0 Å². The number of carboxylic acids is 1. The quantitative estimate of drug-likeness (QED) is 0.274. The lowest BCUT2D eigenvalue weighted by Gasteiger charge is -2.32. The normalized spacial score (nSPS) is 25.2. The van der Waals surface area contributed by atoms with E-state index in [-0.39, 0.29) is 24.7 Å². The fourth-order valence-electron chi connectivity index (χ4n) is 5.66. The minimum atomic E-state index is -1.36. The lowest BCUT2D eigenvalue weighted by atomic mass is 9.73. The van der Waals surface area contributed by atoms with Gasteiger partial charge in [0.25, 0.3) is 5.91 Å². The van der Waals surface area contributed by atoms with Crippen molar-refractivity contribution in [2.45, 2.75) is 83.0 Å². The second kappa shape index (κ2) is 12.5. The molecule has 2 aliphatic rings. The van der Waals surface area contributed by atoms with Crippen LogP contribution in [0.3, 0.4) is 0 Å². The number of carbonyl (C=O) groups excluding carboxylic acids is 1. The Morgan fingerprint density at radius 2 is 2.00 bits per heavy atom. The number of carboxylic acid groups (broad SMARTS) is 1. The van der Waals surface area contributed by atoms with E-state index in [0.717, 1.165) is 68.9 Å². The van der Waals surface area contributed by atoms with E-state index in [2.05, 4.69) is 18.3 Å². The van der Waals surface area contributed by atoms with Gasteiger partial charge in [0.2, 0.25) is 0 Å². The van der Waals surface area contributed by atoms with Gasteiger partial charge in [0.05, 0.1) is 18.8 Å². The first-order chi connectivity index (χ1) is 16.3. The summed E-state index contributed by atoms with van der Waals surface area (Å²) in [4.78, 5) is 23.1. The predicted molar refractivity (Wildman–Crippen MR) is 126 cm³/mol. The summed E-state index contributed by atoms with van der Waals surface area (Å²) in [7, 11) is 0. The van der Waals surface area contributed by atoms with Crippen molar-refractivity contribution >= 4 is 11.9 Å². The number of carbonyl (C=O) groups is 2. The molecule has 1 aromatic carbocycles. The Hall–Kier alpha value is -2.16. The molecule has 1 aromatic rings. The van der Waals surface area contributed by atoms with Gasteiger partial charge in [-0.25, -0.2) is 4.79 Å². The smallest absolute Gasteiger partial charge is 0.328 e. The van der Waals surface area contributed by atoms with Crippen molar-refractivity contribution < 1.29 is 34.8 Å². The van der Waals surface area contributed by atoms with Crippen molar-refractivity contribution in [1.82, 2.24) is 5.32 Å². The Kier molecular flexibility index (Phi) is 9.74. The largest absolute Gasteiger partial charge is 0.483 e. The Balaban J connectivity index is 1.59. The van der Waals surface area contributed by atoms with E-state index in [1.807, 2.05) is 12.1 Å². The fraction of sp³-hybridized carbons (Fsp3) is 0.692. The topological polar surface area (TPSA) is 136 Å². The maximum Gasteiger partial charge on any atom is 0.328 e. The maximum absolute atomic E-state index is 12.1. The molecular formula is C26H39NO7. The molecule has 8 nitrogen and oxygen atoms in total. The van der Waals surface area contributed by atoms with Crippen LogP contribution in [0.2, 0.25) is 0 Å². The third-order valence-electron chi connectivity index (χ3n) is 7.49. The van der Waals surface area contributed by atoms with Crippen LogP contribution in [0.15, 0.2) is 18.2 Å². The van der Waals surface area contributed by atoms with E-state index >= 15 is 0 Å². The minimum absolute atomic E-state index is 0.181. The Morgan fingerprint density at radius 1 is 1.21 bits per heavy atom. The molecule has 0 heterocycles. The highest BCUT2D eigenvalue weighted by Gasteiger charge is 2.44. The number of aliphatic hydroxyl groups excluding tert-OH is 3. The van der Waals surface area contributed by atoms with Crippen LogP contribution in [0.1, 0.15) is 63.0 Å². The van der Waals surface area contributed by atoms with Gasteiger partial charge in [-0.1, -0.05) is 38.3 Å². The van der Waals surface area contributed by atoms with Crippen LogP contribution in [0.5, 0.6) is 5.75 Å². The zero-order chi connectivity index (χ0) is 24.7. The highest BCUT2D eigenvalue weighted by molar-refractivity contribution is 5.84. The molecule has 0 spiro atoms. The summed E-state index contributed by atoms with van der Waals surface area (Å²) in [5.74, 6) is -0.436. The Morgan fingerprint density at radius 3 is 2.71 bits per heavy atom. The lowest BCUT2D eigenvalue weighted by Crippen LogP contribution is -2.45. The summed E-state index contributed by atoms with van der Waals surface area (Å²) in [5, 5.41) is 41.4. The summed E-state index contributed by atoms with van der Waals surface area (Å²) < 4.78 is 5.74. The molecule has 1 amide bonds. The van der Waals surface area contributed by atoms with E-state index in [1.165, 1.54) is 0 Å². The second-order valence-corrected chi connectivity index (χ2v) is 9.85. The molecule has 0 radical (unpaired) electrons. The number of fused-ring (bicyclic) bond motifs is 2. The molecule has 34 heavy (non-hydrogen) atoms. The van der Waals surface area contributed by atoms with E-state index in [1.54, 1.807) is 0 Å². The van der Waals surface area contributed by atoms with Gasteiger partial charge in [-0.2, -0.15) is 0 Å². The first-order valence-corrected chi connectivity index (χ1v) is 12.6. The van der Waals surface area contributed by atoms with Crippen molar-refractivity contribution in [1.29, 1.82) is 0 Å². The number of aliphatic hydroxyl groups is 3. The summed E-state index contributed by atoms with van der Waals surface area (Å²) >= 11 is 0. The second-order valence-electron chi connectivity index (χ2n) is 9.85. The van der Waals surface area contributed by atoms with Crippen LogP contribution in [-0.4, -0.2) is 63.8 Å². The monoisotopic (exact) mass is 477 g/mol. The number of hydrogen-bond donors (Lipinski definition) is 5.